The number of nitrogens with zero attached hydrogens (tertiary/aromatic N) is 2. The van der Waals surface area contributed by atoms with Crippen LogP contribution < -0.4 is 16.0 Å². The molecule has 0 unspecified atom stereocenters. The molecule has 1 heterocycles. The lowest BCUT2D eigenvalue weighted by Crippen LogP contribution is -2.47. The molecule has 4 aliphatic carbocycles. The summed E-state index contributed by atoms with van der Waals surface area (Å²) >= 11 is 0. The number of aliphatic hydroxyl groups excluding tert-OH is 1. The first kappa shape index (κ1) is 20.7. The molecule has 0 aliphatic heterocycles. The lowest BCUT2D eigenvalue weighted by atomic mass is 9.49. The quantitative estimate of drug-likeness (QED) is 0.605. The van der Waals surface area contributed by atoms with E-state index in [4.69, 9.17) is 10.7 Å². The van der Waals surface area contributed by atoms with Gasteiger partial charge >= 0.3 is 0 Å². The number of nitrogens with one attached hydrogen (secondary N) is 1. The van der Waals surface area contributed by atoms with Crippen LogP contribution in [0.3, 0.4) is 0 Å². The molecule has 2 aromatic rings. The molecule has 6 rings (SSSR count). The Morgan fingerprint density at radius 3 is 2.45 bits per heavy atom. The van der Waals surface area contributed by atoms with Crippen molar-refractivity contribution in [1.82, 2.24) is 4.98 Å². The SMILES string of the molecule is NCCN(CCO)c1ccc2c(NC(=O)CC34CC5CC(CC(C5)C3)C4)cccc2n1. The van der Waals surface area contributed by atoms with Crippen LogP contribution in [0, 0.1) is 23.2 Å². The van der Waals surface area contributed by atoms with Crippen molar-refractivity contribution in [3.05, 3.63) is 30.3 Å². The highest BCUT2D eigenvalue weighted by Gasteiger charge is 2.51. The van der Waals surface area contributed by atoms with Crippen molar-refractivity contribution < 1.29 is 9.90 Å². The summed E-state index contributed by atoms with van der Waals surface area (Å²) in [5, 5.41) is 13.5. The van der Waals surface area contributed by atoms with E-state index in [-0.39, 0.29) is 17.9 Å². The highest BCUT2D eigenvalue weighted by atomic mass is 16.3. The molecular weight excluding hydrogens is 388 g/mol. The Bertz CT molecular complexity index is 918. The van der Waals surface area contributed by atoms with Crippen molar-refractivity contribution in [1.29, 1.82) is 0 Å². The first-order valence-corrected chi connectivity index (χ1v) is 11.8. The summed E-state index contributed by atoms with van der Waals surface area (Å²) in [4.78, 5) is 19.9. The summed E-state index contributed by atoms with van der Waals surface area (Å²) in [6.07, 6.45) is 8.58. The van der Waals surface area contributed by atoms with Crippen LogP contribution in [0.1, 0.15) is 44.9 Å². The fraction of sp³-hybridized carbons (Fsp3) is 0.600. The zero-order chi connectivity index (χ0) is 21.4. The Morgan fingerprint density at radius 2 is 1.81 bits per heavy atom. The molecule has 0 radical (unpaired) electrons. The second kappa shape index (κ2) is 8.40. The van der Waals surface area contributed by atoms with Gasteiger partial charge in [-0.05, 0) is 86.0 Å². The zero-order valence-electron chi connectivity index (χ0n) is 18.2. The van der Waals surface area contributed by atoms with Crippen molar-refractivity contribution in [3.63, 3.8) is 0 Å². The fourth-order valence-corrected chi connectivity index (χ4v) is 7.09. The van der Waals surface area contributed by atoms with E-state index < -0.39 is 0 Å². The van der Waals surface area contributed by atoms with Crippen LogP contribution in [0.15, 0.2) is 30.3 Å². The second-order valence-electron chi connectivity index (χ2n) is 10.2. The third-order valence-electron chi connectivity index (χ3n) is 7.78. The van der Waals surface area contributed by atoms with E-state index in [1.54, 1.807) is 0 Å². The third-order valence-corrected chi connectivity index (χ3v) is 7.78. The van der Waals surface area contributed by atoms with Gasteiger partial charge in [0.25, 0.3) is 0 Å². The number of hydrogen-bond donors (Lipinski definition) is 3. The molecule has 0 spiro atoms. The number of carbonyl (C=O) groups is 1. The predicted molar refractivity (Wildman–Crippen MR) is 124 cm³/mol. The average Bonchev–Trinajstić information content (AvgIpc) is 2.72. The minimum atomic E-state index is 0.0557. The lowest BCUT2D eigenvalue weighted by molar-refractivity contribution is -0.124. The number of aromatic nitrogens is 1. The summed E-state index contributed by atoms with van der Waals surface area (Å²) in [6, 6.07) is 9.83. The van der Waals surface area contributed by atoms with E-state index in [0.717, 1.165) is 40.2 Å². The van der Waals surface area contributed by atoms with Crippen LogP contribution in [0.5, 0.6) is 0 Å². The summed E-state index contributed by atoms with van der Waals surface area (Å²) < 4.78 is 0. The van der Waals surface area contributed by atoms with E-state index in [1.807, 2.05) is 35.2 Å². The Hall–Kier alpha value is -2.18. The monoisotopic (exact) mass is 422 g/mol. The van der Waals surface area contributed by atoms with Crippen LogP contribution >= 0.6 is 0 Å². The molecule has 0 saturated heterocycles. The van der Waals surface area contributed by atoms with Gasteiger partial charge in [0.05, 0.1) is 17.8 Å². The third kappa shape index (κ3) is 4.15. The van der Waals surface area contributed by atoms with Gasteiger partial charge < -0.3 is 21.1 Å². The Morgan fingerprint density at radius 1 is 1.10 bits per heavy atom. The van der Waals surface area contributed by atoms with E-state index in [1.165, 1.54) is 38.5 Å². The first-order chi connectivity index (χ1) is 15.1. The Balaban J connectivity index is 1.33. The molecule has 4 saturated carbocycles. The topological polar surface area (TPSA) is 91.5 Å². The molecule has 4 bridgehead atoms. The average molecular weight is 423 g/mol. The van der Waals surface area contributed by atoms with Gasteiger partial charge in [0.15, 0.2) is 0 Å². The lowest BCUT2D eigenvalue weighted by Gasteiger charge is -2.56. The number of pyridine rings is 1. The Labute approximate surface area is 184 Å². The molecule has 31 heavy (non-hydrogen) atoms. The van der Waals surface area contributed by atoms with Crippen LogP contribution in [0.4, 0.5) is 11.5 Å². The van der Waals surface area contributed by atoms with Crippen molar-refractivity contribution >= 4 is 28.3 Å². The van der Waals surface area contributed by atoms with Crippen molar-refractivity contribution in [2.45, 2.75) is 44.9 Å². The number of anilines is 2. The smallest absolute Gasteiger partial charge is 0.224 e. The molecule has 4 aliphatic rings. The van der Waals surface area contributed by atoms with Gasteiger partial charge in [-0.25, -0.2) is 4.98 Å². The molecule has 1 aromatic carbocycles. The van der Waals surface area contributed by atoms with E-state index >= 15 is 0 Å². The predicted octanol–water partition coefficient (Wildman–Crippen LogP) is 3.54. The molecule has 6 heteroatoms. The van der Waals surface area contributed by atoms with Crippen LogP contribution in [0.25, 0.3) is 10.9 Å². The molecule has 4 N–H and O–H groups in total. The highest BCUT2D eigenvalue weighted by molar-refractivity contribution is 6.01. The molecule has 1 aromatic heterocycles. The number of carbonyl (C=O) groups excluding carboxylic acids is 1. The molecule has 1 amide bonds. The minimum Gasteiger partial charge on any atom is -0.395 e. The standard InChI is InChI=1S/C25H34N4O2/c26-6-7-29(8-9-30)23-5-4-20-21(27-23)2-1-3-22(20)28-24(31)16-25-13-17-10-18(14-25)12-19(11-17)15-25/h1-5,17-19,30H,6-16,26H2,(H,28,31). The molecule has 0 atom stereocenters. The summed E-state index contributed by atoms with van der Waals surface area (Å²) in [7, 11) is 0. The maximum Gasteiger partial charge on any atom is 0.224 e. The minimum absolute atomic E-state index is 0.0557. The zero-order valence-corrected chi connectivity index (χ0v) is 18.2. The normalized spacial score (nSPS) is 28.8. The van der Waals surface area contributed by atoms with Gasteiger partial charge in [0.2, 0.25) is 5.91 Å². The second-order valence-corrected chi connectivity index (χ2v) is 10.2. The van der Waals surface area contributed by atoms with Crippen molar-refractivity contribution in [3.8, 4) is 0 Å². The van der Waals surface area contributed by atoms with E-state index in [2.05, 4.69) is 5.32 Å². The van der Waals surface area contributed by atoms with E-state index in [0.29, 0.717) is 26.1 Å². The van der Waals surface area contributed by atoms with Crippen LogP contribution in [-0.2, 0) is 4.79 Å². The van der Waals surface area contributed by atoms with Gasteiger partial charge in [0, 0.05) is 31.4 Å². The van der Waals surface area contributed by atoms with Crippen molar-refractivity contribution in [2.24, 2.45) is 28.9 Å². The first-order valence-electron chi connectivity index (χ1n) is 11.8. The van der Waals surface area contributed by atoms with E-state index in [9.17, 15) is 9.90 Å². The van der Waals surface area contributed by atoms with Crippen LogP contribution in [0.2, 0.25) is 0 Å². The number of benzene rings is 1. The summed E-state index contributed by atoms with van der Waals surface area (Å²) in [5.74, 6) is 3.51. The number of rotatable bonds is 8. The van der Waals surface area contributed by atoms with Crippen LogP contribution in [-0.4, -0.2) is 42.2 Å². The largest absolute Gasteiger partial charge is 0.395 e. The summed E-state index contributed by atoms with van der Waals surface area (Å²) in [5.41, 5.74) is 7.62. The maximum atomic E-state index is 13.1. The van der Waals surface area contributed by atoms with Gasteiger partial charge in [-0.3, -0.25) is 4.79 Å². The molecule has 4 fully saturated rings. The van der Waals surface area contributed by atoms with Gasteiger partial charge in [-0.2, -0.15) is 0 Å². The van der Waals surface area contributed by atoms with Gasteiger partial charge in [-0.1, -0.05) is 6.07 Å². The number of amides is 1. The Kier molecular flexibility index (Phi) is 5.61. The molecule has 6 nitrogen and oxygen atoms in total. The molecule has 166 valence electrons. The number of fused-ring (bicyclic) bond motifs is 1. The number of nitrogens with two attached hydrogens (primary N) is 1. The number of hydrogen-bond acceptors (Lipinski definition) is 5. The van der Waals surface area contributed by atoms with Gasteiger partial charge in [0.1, 0.15) is 5.82 Å². The number of aliphatic hydroxyl groups is 1. The highest BCUT2D eigenvalue weighted by Crippen LogP contribution is 2.61. The van der Waals surface area contributed by atoms with Crippen molar-refractivity contribution in [2.75, 3.05) is 36.5 Å². The fourth-order valence-electron chi connectivity index (χ4n) is 7.09. The summed E-state index contributed by atoms with van der Waals surface area (Å²) in [6.45, 7) is 1.69. The molecular formula is C25H34N4O2. The van der Waals surface area contributed by atoms with Gasteiger partial charge in [-0.15, -0.1) is 0 Å². The maximum absolute atomic E-state index is 13.1.